The number of amides is 1. The summed E-state index contributed by atoms with van der Waals surface area (Å²) in [6, 6.07) is 15.9. The Kier molecular flexibility index (Phi) is 6.49. The van der Waals surface area contributed by atoms with E-state index in [1.165, 1.54) is 35.1 Å². The molecule has 6 heteroatoms. The van der Waals surface area contributed by atoms with Crippen LogP contribution in [0.3, 0.4) is 0 Å². The molecule has 3 aromatic rings. The third kappa shape index (κ3) is 4.86. The Labute approximate surface area is 186 Å². The standard InChI is InChI=1S/C25H26N2O3S/c1-16-8-9-20(25(29)30-2)14-21(16)27-23(28)15-26-24(22-7-4-12-31-22)19-11-10-17-5-3-6-18(17)13-19/h4,7-14,24,26H,3,5-6,15H2,1-2H3,(H,27,28). The fraction of sp³-hybridized carbons (Fsp3) is 0.280. The second kappa shape index (κ2) is 9.45. The average Bonchev–Trinajstić information content (AvgIpc) is 3.47. The Hall–Kier alpha value is -2.96. The summed E-state index contributed by atoms with van der Waals surface area (Å²) in [5.41, 5.74) is 5.94. The SMILES string of the molecule is COC(=O)c1ccc(C)c(NC(=O)CNC(c2ccc3c(c2)CCC3)c2cccs2)c1. The predicted molar refractivity (Wildman–Crippen MR) is 124 cm³/mol. The van der Waals surface area contributed by atoms with Crippen LogP contribution in [0.4, 0.5) is 5.69 Å². The lowest BCUT2D eigenvalue weighted by molar-refractivity contribution is -0.115. The van der Waals surface area contributed by atoms with Gasteiger partial charge in [0.25, 0.3) is 0 Å². The van der Waals surface area contributed by atoms with Gasteiger partial charge in [-0.1, -0.05) is 30.3 Å². The van der Waals surface area contributed by atoms with Crippen molar-refractivity contribution in [1.82, 2.24) is 5.32 Å². The molecule has 0 bridgehead atoms. The van der Waals surface area contributed by atoms with Gasteiger partial charge in [-0.05, 0) is 72.0 Å². The largest absolute Gasteiger partial charge is 0.465 e. The minimum atomic E-state index is -0.428. The van der Waals surface area contributed by atoms with Gasteiger partial charge < -0.3 is 10.1 Å². The summed E-state index contributed by atoms with van der Waals surface area (Å²) in [6.45, 7) is 2.05. The minimum Gasteiger partial charge on any atom is -0.465 e. The maximum atomic E-state index is 12.7. The number of nitrogens with one attached hydrogen (secondary N) is 2. The Bertz CT molecular complexity index is 1090. The van der Waals surface area contributed by atoms with Crippen molar-refractivity contribution in [2.75, 3.05) is 19.0 Å². The fourth-order valence-corrected chi connectivity index (χ4v) is 4.83. The molecule has 0 saturated carbocycles. The number of rotatable bonds is 7. The van der Waals surface area contributed by atoms with Gasteiger partial charge in [-0.15, -0.1) is 11.3 Å². The fourth-order valence-electron chi connectivity index (χ4n) is 4.00. The number of anilines is 1. The number of thiophene rings is 1. The van der Waals surface area contributed by atoms with E-state index < -0.39 is 5.97 Å². The van der Waals surface area contributed by atoms with Crippen molar-refractivity contribution in [2.24, 2.45) is 0 Å². The molecule has 2 aromatic carbocycles. The minimum absolute atomic E-state index is 0.0425. The predicted octanol–water partition coefficient (Wildman–Crippen LogP) is 4.65. The molecule has 1 atom stereocenters. The van der Waals surface area contributed by atoms with Gasteiger partial charge >= 0.3 is 5.97 Å². The number of hydrogen-bond donors (Lipinski definition) is 2. The van der Waals surface area contributed by atoms with Gasteiger partial charge in [0.2, 0.25) is 5.91 Å². The zero-order valence-corrected chi connectivity index (χ0v) is 18.6. The smallest absolute Gasteiger partial charge is 0.337 e. The quantitative estimate of drug-likeness (QED) is 0.531. The molecular weight excluding hydrogens is 408 g/mol. The summed E-state index contributed by atoms with van der Waals surface area (Å²) >= 11 is 1.68. The zero-order valence-electron chi connectivity index (χ0n) is 17.7. The first-order chi connectivity index (χ1) is 15.0. The van der Waals surface area contributed by atoms with Gasteiger partial charge in [0.05, 0.1) is 25.3 Å². The van der Waals surface area contributed by atoms with Crippen LogP contribution in [0, 0.1) is 6.92 Å². The summed E-state index contributed by atoms with van der Waals surface area (Å²) in [6.07, 6.45) is 3.48. The van der Waals surface area contributed by atoms with Gasteiger partial charge in [-0.2, -0.15) is 0 Å². The van der Waals surface area contributed by atoms with Crippen molar-refractivity contribution >= 4 is 28.9 Å². The average molecular weight is 435 g/mol. The van der Waals surface area contributed by atoms with Crippen LogP contribution in [-0.2, 0) is 22.4 Å². The second-order valence-electron chi connectivity index (χ2n) is 7.78. The lowest BCUT2D eigenvalue weighted by atomic mass is 10.00. The Morgan fingerprint density at radius 1 is 1.10 bits per heavy atom. The van der Waals surface area contributed by atoms with E-state index in [2.05, 4.69) is 40.3 Å². The van der Waals surface area contributed by atoms with E-state index in [-0.39, 0.29) is 18.5 Å². The van der Waals surface area contributed by atoms with Crippen molar-refractivity contribution in [1.29, 1.82) is 0 Å². The van der Waals surface area contributed by atoms with Gasteiger partial charge in [0.15, 0.2) is 0 Å². The van der Waals surface area contributed by atoms with Crippen molar-refractivity contribution < 1.29 is 14.3 Å². The molecule has 4 rings (SSSR count). The molecule has 0 radical (unpaired) electrons. The highest BCUT2D eigenvalue weighted by Gasteiger charge is 2.19. The van der Waals surface area contributed by atoms with Gasteiger partial charge in [0, 0.05) is 10.6 Å². The first-order valence-corrected chi connectivity index (χ1v) is 11.3. The molecule has 1 amide bonds. The van der Waals surface area contributed by atoms with E-state index in [0.29, 0.717) is 11.3 Å². The van der Waals surface area contributed by atoms with E-state index in [0.717, 1.165) is 18.4 Å². The number of ether oxygens (including phenoxy) is 1. The van der Waals surface area contributed by atoms with E-state index in [1.54, 1.807) is 29.5 Å². The van der Waals surface area contributed by atoms with Crippen LogP contribution in [0.2, 0.25) is 0 Å². The molecule has 160 valence electrons. The Balaban J connectivity index is 1.48. The number of esters is 1. The van der Waals surface area contributed by atoms with Crippen molar-refractivity contribution in [2.45, 2.75) is 32.2 Å². The number of carbonyl (C=O) groups excluding carboxylic acids is 2. The highest BCUT2D eigenvalue weighted by molar-refractivity contribution is 7.10. The lowest BCUT2D eigenvalue weighted by Gasteiger charge is -2.19. The molecule has 1 aliphatic carbocycles. The van der Waals surface area contributed by atoms with Crippen LogP contribution in [0.25, 0.3) is 0 Å². The van der Waals surface area contributed by atoms with Crippen LogP contribution < -0.4 is 10.6 Å². The van der Waals surface area contributed by atoms with Crippen LogP contribution >= 0.6 is 11.3 Å². The zero-order chi connectivity index (χ0) is 21.8. The highest BCUT2D eigenvalue weighted by atomic mass is 32.1. The maximum absolute atomic E-state index is 12.7. The number of methoxy groups -OCH3 is 1. The number of hydrogen-bond acceptors (Lipinski definition) is 5. The number of carbonyl (C=O) groups is 2. The first kappa shape index (κ1) is 21.3. The summed E-state index contributed by atoms with van der Waals surface area (Å²) < 4.78 is 4.77. The lowest BCUT2D eigenvalue weighted by Crippen LogP contribution is -2.31. The molecular formula is C25H26N2O3S. The van der Waals surface area contributed by atoms with Crippen molar-refractivity contribution in [3.63, 3.8) is 0 Å². The molecule has 31 heavy (non-hydrogen) atoms. The highest BCUT2D eigenvalue weighted by Crippen LogP contribution is 2.30. The monoisotopic (exact) mass is 434 g/mol. The van der Waals surface area contributed by atoms with E-state index >= 15 is 0 Å². The normalized spacial score (nSPS) is 13.5. The molecule has 1 aliphatic rings. The van der Waals surface area contributed by atoms with Crippen LogP contribution in [0.15, 0.2) is 53.9 Å². The molecule has 2 N–H and O–H groups in total. The molecule has 0 spiro atoms. The summed E-state index contributed by atoms with van der Waals surface area (Å²) in [4.78, 5) is 25.7. The van der Waals surface area contributed by atoms with Crippen molar-refractivity contribution in [3.8, 4) is 0 Å². The topological polar surface area (TPSA) is 67.4 Å². The first-order valence-electron chi connectivity index (χ1n) is 10.4. The van der Waals surface area contributed by atoms with Crippen LogP contribution in [0.1, 0.15) is 50.0 Å². The second-order valence-corrected chi connectivity index (χ2v) is 8.76. The third-order valence-electron chi connectivity index (χ3n) is 5.68. The van der Waals surface area contributed by atoms with E-state index in [1.807, 2.05) is 13.0 Å². The number of aryl methyl sites for hydroxylation is 3. The summed E-state index contributed by atoms with van der Waals surface area (Å²) in [7, 11) is 1.34. The van der Waals surface area contributed by atoms with Gasteiger partial charge in [0.1, 0.15) is 0 Å². The van der Waals surface area contributed by atoms with E-state index in [4.69, 9.17) is 4.74 Å². The van der Waals surface area contributed by atoms with Crippen LogP contribution in [-0.4, -0.2) is 25.5 Å². The maximum Gasteiger partial charge on any atom is 0.337 e. The molecule has 0 saturated heterocycles. The number of fused-ring (bicyclic) bond motifs is 1. The summed E-state index contributed by atoms with van der Waals surface area (Å²) in [5, 5.41) is 8.40. The molecule has 1 heterocycles. The molecule has 0 fully saturated rings. The molecule has 1 unspecified atom stereocenters. The Morgan fingerprint density at radius 2 is 1.94 bits per heavy atom. The van der Waals surface area contributed by atoms with E-state index in [9.17, 15) is 9.59 Å². The van der Waals surface area contributed by atoms with Gasteiger partial charge in [-0.25, -0.2) is 4.79 Å². The molecule has 0 aliphatic heterocycles. The third-order valence-corrected chi connectivity index (χ3v) is 6.62. The number of benzene rings is 2. The van der Waals surface area contributed by atoms with Crippen molar-refractivity contribution in [3.05, 3.63) is 86.6 Å². The van der Waals surface area contributed by atoms with Crippen LogP contribution in [0.5, 0.6) is 0 Å². The molecule has 5 nitrogen and oxygen atoms in total. The molecule has 1 aromatic heterocycles. The van der Waals surface area contributed by atoms with Gasteiger partial charge in [-0.3, -0.25) is 10.1 Å². The Morgan fingerprint density at radius 3 is 2.71 bits per heavy atom. The summed E-state index contributed by atoms with van der Waals surface area (Å²) in [5.74, 6) is -0.587.